The van der Waals surface area contributed by atoms with Crippen molar-refractivity contribution in [3.63, 3.8) is 0 Å². The van der Waals surface area contributed by atoms with Gasteiger partial charge in [-0.3, -0.25) is 0 Å². The Kier molecular flexibility index (Phi) is 7.50. The van der Waals surface area contributed by atoms with Gasteiger partial charge in [0.2, 0.25) is 0 Å². The van der Waals surface area contributed by atoms with Crippen molar-refractivity contribution in [1.29, 1.82) is 5.26 Å². The van der Waals surface area contributed by atoms with Crippen LogP contribution in [0.2, 0.25) is 0 Å². The third-order valence-corrected chi connectivity index (χ3v) is 6.24. The van der Waals surface area contributed by atoms with Gasteiger partial charge in [0.1, 0.15) is 17.6 Å². The number of nitrogens with zero attached hydrogens (tertiary/aromatic N) is 1. The first-order valence-electron chi connectivity index (χ1n) is 8.54. The minimum Gasteiger partial charge on any atom is -0.421 e. The predicted molar refractivity (Wildman–Crippen MR) is 112 cm³/mol. The van der Waals surface area contributed by atoms with Gasteiger partial charge in [0.15, 0.2) is 5.76 Å². The first kappa shape index (κ1) is 21.1. The number of nitriles is 1. The van der Waals surface area contributed by atoms with Crippen molar-refractivity contribution in [2.75, 3.05) is 13.3 Å². The molecule has 0 bridgehead atoms. The van der Waals surface area contributed by atoms with E-state index >= 15 is 0 Å². The summed E-state index contributed by atoms with van der Waals surface area (Å²) in [5, 5.41) is 10.0. The van der Waals surface area contributed by atoms with Gasteiger partial charge < -0.3 is 9.26 Å². The number of ether oxygens (including phenoxy) is 1. The van der Waals surface area contributed by atoms with Crippen LogP contribution in [0.3, 0.4) is 0 Å². The van der Waals surface area contributed by atoms with Gasteiger partial charge >= 0.3 is 5.97 Å². The Morgan fingerprint density at radius 1 is 1.07 bits per heavy atom. The molecule has 4 nitrogen and oxygen atoms in total. The topological polar surface area (TPSA) is 59.3 Å². The molecule has 2 aromatic rings. The van der Waals surface area contributed by atoms with Gasteiger partial charge in [-0.25, -0.2) is 4.79 Å². The van der Waals surface area contributed by atoms with Crippen LogP contribution in [0.25, 0.3) is 5.76 Å². The molecule has 0 fully saturated rings. The van der Waals surface area contributed by atoms with Gasteiger partial charge in [0, 0.05) is 5.56 Å². The predicted octanol–water partition coefficient (Wildman–Crippen LogP) is 5.43. The molecule has 0 saturated heterocycles. The van der Waals surface area contributed by atoms with E-state index in [1.54, 1.807) is 43.1 Å². The normalized spacial score (nSPS) is 14.0. The van der Waals surface area contributed by atoms with Crippen molar-refractivity contribution in [2.45, 2.75) is 13.8 Å². The molecule has 0 spiro atoms. The van der Waals surface area contributed by atoms with Gasteiger partial charge in [-0.2, -0.15) is 5.26 Å². The molecule has 0 radical (unpaired) electrons. The highest BCUT2D eigenvalue weighted by molar-refractivity contribution is 8.14. The quantitative estimate of drug-likeness (QED) is 0.269. The van der Waals surface area contributed by atoms with Crippen LogP contribution in [-0.2, 0) is 21.1 Å². The molecule has 6 heteroatoms. The molecule has 27 heavy (non-hydrogen) atoms. The van der Waals surface area contributed by atoms with Crippen molar-refractivity contribution in [3.8, 4) is 6.07 Å². The smallest absolute Gasteiger partial charge is 0.343 e. The van der Waals surface area contributed by atoms with Crippen molar-refractivity contribution >= 4 is 29.8 Å². The average Bonchev–Trinajstić information content (AvgIpc) is 2.67. The highest BCUT2D eigenvalue weighted by Crippen LogP contribution is 2.54. The summed E-state index contributed by atoms with van der Waals surface area (Å²) in [5.41, 5.74) is 1.01. The van der Waals surface area contributed by atoms with Crippen LogP contribution >= 0.6 is 6.26 Å². The molecular weight excluding hydrogens is 377 g/mol. The number of rotatable bonds is 7. The molecule has 0 saturated carbocycles. The number of hydrogen-bond donors (Lipinski definition) is 0. The second-order valence-electron chi connectivity index (χ2n) is 6.45. The molecule has 0 aliphatic heterocycles. The molecule has 1 atom stereocenters. The average molecular weight is 399 g/mol. The SMILES string of the molecule is CC(C)CO[P@](C)(=S)C(C#N)=C(OC(=O)c1ccccc1)c1ccccc1. The number of esters is 1. The van der Waals surface area contributed by atoms with Crippen molar-refractivity contribution in [1.82, 2.24) is 0 Å². The zero-order chi connectivity index (χ0) is 19.9. The molecule has 140 valence electrons. The van der Waals surface area contributed by atoms with Gasteiger partial charge in [-0.15, -0.1) is 0 Å². The van der Waals surface area contributed by atoms with E-state index in [1.165, 1.54) is 0 Å². The van der Waals surface area contributed by atoms with E-state index in [1.807, 2.05) is 38.1 Å². The minimum absolute atomic E-state index is 0.168. The fourth-order valence-electron chi connectivity index (χ4n) is 2.24. The molecule has 0 aliphatic carbocycles. The highest BCUT2D eigenvalue weighted by atomic mass is 32.4. The summed E-state index contributed by atoms with van der Waals surface area (Å²) >= 11 is 5.65. The minimum atomic E-state index is -2.65. The largest absolute Gasteiger partial charge is 0.421 e. The van der Waals surface area contributed by atoms with E-state index in [0.29, 0.717) is 17.7 Å². The lowest BCUT2D eigenvalue weighted by atomic mass is 10.1. The van der Waals surface area contributed by atoms with Gasteiger partial charge in [0.25, 0.3) is 0 Å². The first-order valence-corrected chi connectivity index (χ1v) is 11.7. The standard InChI is InChI=1S/C21H22NO3PS/c1-16(2)15-24-26(3,27)19(14-22)20(17-10-6-4-7-11-17)25-21(23)18-12-8-5-9-13-18/h4-13,16H,15H2,1-3H3/t26-/m1/s1. The summed E-state index contributed by atoms with van der Waals surface area (Å²) in [6, 6.07) is 19.8. The summed E-state index contributed by atoms with van der Waals surface area (Å²) in [6.45, 7) is 6.20. The molecule has 0 aromatic heterocycles. The molecular formula is C21H22NO3PS. The Morgan fingerprint density at radius 2 is 1.59 bits per heavy atom. The number of carbonyl (C=O) groups is 1. The summed E-state index contributed by atoms with van der Waals surface area (Å²) in [7, 11) is 0. The fraction of sp³-hybridized carbons (Fsp3) is 0.238. The van der Waals surface area contributed by atoms with Crippen molar-refractivity contribution in [3.05, 3.63) is 77.1 Å². The summed E-state index contributed by atoms with van der Waals surface area (Å²) < 4.78 is 11.6. The lowest BCUT2D eigenvalue weighted by Gasteiger charge is -2.21. The molecule has 0 amide bonds. The van der Waals surface area contributed by atoms with E-state index < -0.39 is 12.2 Å². The second-order valence-corrected chi connectivity index (χ2v) is 10.9. The fourth-order valence-corrected chi connectivity index (χ4v) is 4.23. The monoisotopic (exact) mass is 399 g/mol. The van der Waals surface area contributed by atoms with E-state index in [0.717, 1.165) is 0 Å². The third kappa shape index (κ3) is 5.87. The van der Waals surface area contributed by atoms with Crippen LogP contribution in [-0.4, -0.2) is 19.2 Å². The van der Waals surface area contributed by atoms with Gasteiger partial charge in [-0.05, 0) is 24.7 Å². The maximum absolute atomic E-state index is 12.6. The highest BCUT2D eigenvalue weighted by Gasteiger charge is 2.26. The maximum atomic E-state index is 12.6. The van der Waals surface area contributed by atoms with Gasteiger partial charge in [-0.1, -0.05) is 74.2 Å². The number of hydrogen-bond acceptors (Lipinski definition) is 5. The van der Waals surface area contributed by atoms with Crippen LogP contribution in [0.15, 0.2) is 66.0 Å². The zero-order valence-electron chi connectivity index (χ0n) is 15.6. The summed E-state index contributed by atoms with van der Waals surface area (Å²) in [4.78, 5) is 12.6. The molecule has 0 heterocycles. The molecule has 2 rings (SSSR count). The van der Waals surface area contributed by atoms with Gasteiger partial charge in [0.05, 0.1) is 12.2 Å². The van der Waals surface area contributed by atoms with Crippen LogP contribution in [0.5, 0.6) is 0 Å². The molecule has 0 unspecified atom stereocenters. The number of benzene rings is 2. The number of allylic oxidation sites excluding steroid dienone is 1. The Hall–Kier alpha value is -2.25. The van der Waals surface area contributed by atoms with Crippen molar-refractivity contribution < 1.29 is 14.1 Å². The number of carbonyl (C=O) groups excluding carboxylic acids is 1. The Labute approximate surface area is 165 Å². The zero-order valence-corrected chi connectivity index (χ0v) is 17.3. The lowest BCUT2D eigenvalue weighted by Crippen LogP contribution is -2.08. The molecule has 0 aliphatic rings. The van der Waals surface area contributed by atoms with Crippen LogP contribution in [0, 0.1) is 17.2 Å². The van der Waals surface area contributed by atoms with Crippen LogP contribution in [0.1, 0.15) is 29.8 Å². The van der Waals surface area contributed by atoms with Crippen LogP contribution in [0.4, 0.5) is 0 Å². The van der Waals surface area contributed by atoms with Crippen LogP contribution < -0.4 is 0 Å². The molecule has 2 aromatic carbocycles. The summed E-state index contributed by atoms with van der Waals surface area (Å²) in [5.74, 6) is -0.0955. The summed E-state index contributed by atoms with van der Waals surface area (Å²) in [6.07, 6.45) is -2.65. The van der Waals surface area contributed by atoms with E-state index in [4.69, 9.17) is 21.1 Å². The van der Waals surface area contributed by atoms with E-state index in [2.05, 4.69) is 6.07 Å². The Balaban J connectivity index is 2.50. The maximum Gasteiger partial charge on any atom is 0.343 e. The third-order valence-electron chi connectivity index (χ3n) is 3.62. The second kappa shape index (κ2) is 9.62. The lowest BCUT2D eigenvalue weighted by molar-refractivity contribution is 0.0691. The molecule has 0 N–H and O–H groups in total. The Bertz CT molecular complexity index is 902. The Morgan fingerprint density at radius 3 is 2.07 bits per heavy atom. The first-order chi connectivity index (χ1) is 12.8. The van der Waals surface area contributed by atoms with E-state index in [9.17, 15) is 10.1 Å². The van der Waals surface area contributed by atoms with Crippen molar-refractivity contribution in [2.24, 2.45) is 5.92 Å². The van der Waals surface area contributed by atoms with E-state index in [-0.39, 0.29) is 17.0 Å².